The standard InChI is InChI=1S/C9H13N3.C2H6/c1-6(2)8-11-5-7-3-4-10-9(7)12-8;1-2/h5-6H,3-4H2,1-2H3,(H,10,11,12);1-2H3. The minimum atomic E-state index is 0.415. The Hall–Kier alpha value is -1.12. The van der Waals surface area contributed by atoms with Crippen molar-refractivity contribution in [3.8, 4) is 0 Å². The van der Waals surface area contributed by atoms with Crippen molar-refractivity contribution in [1.29, 1.82) is 0 Å². The van der Waals surface area contributed by atoms with E-state index in [0.29, 0.717) is 5.92 Å². The molecule has 0 amide bonds. The van der Waals surface area contributed by atoms with E-state index < -0.39 is 0 Å². The molecule has 1 aromatic heterocycles. The van der Waals surface area contributed by atoms with Crippen molar-refractivity contribution in [1.82, 2.24) is 9.97 Å². The predicted octanol–water partition coefficient (Wildman–Crippen LogP) is 2.59. The Bertz CT molecular complexity index is 295. The Morgan fingerprint density at radius 1 is 1.36 bits per heavy atom. The molecule has 78 valence electrons. The number of nitrogens with zero attached hydrogens (tertiary/aromatic N) is 2. The van der Waals surface area contributed by atoms with E-state index in [0.717, 1.165) is 24.6 Å². The van der Waals surface area contributed by atoms with E-state index in [4.69, 9.17) is 0 Å². The van der Waals surface area contributed by atoms with Crippen molar-refractivity contribution in [3.63, 3.8) is 0 Å². The number of hydrogen-bond acceptors (Lipinski definition) is 3. The number of aromatic nitrogens is 2. The summed E-state index contributed by atoms with van der Waals surface area (Å²) in [6.45, 7) is 9.22. The summed E-state index contributed by atoms with van der Waals surface area (Å²) in [5, 5.41) is 3.24. The summed E-state index contributed by atoms with van der Waals surface area (Å²) in [4.78, 5) is 8.73. The number of hydrogen-bond donors (Lipinski definition) is 1. The Kier molecular flexibility index (Phi) is 3.86. The monoisotopic (exact) mass is 193 g/mol. The first kappa shape index (κ1) is 11.0. The van der Waals surface area contributed by atoms with Crippen molar-refractivity contribution in [2.24, 2.45) is 0 Å². The highest BCUT2D eigenvalue weighted by Gasteiger charge is 2.13. The van der Waals surface area contributed by atoms with Gasteiger partial charge in [0, 0.05) is 24.2 Å². The van der Waals surface area contributed by atoms with Gasteiger partial charge in [0.2, 0.25) is 0 Å². The average molecular weight is 193 g/mol. The van der Waals surface area contributed by atoms with Gasteiger partial charge < -0.3 is 5.32 Å². The molecule has 0 spiro atoms. The average Bonchev–Trinajstić information content (AvgIpc) is 2.67. The minimum Gasteiger partial charge on any atom is -0.369 e. The third-order valence-electron chi connectivity index (χ3n) is 2.09. The van der Waals surface area contributed by atoms with Gasteiger partial charge in [0.05, 0.1) is 0 Å². The lowest BCUT2D eigenvalue weighted by atomic mass is 10.2. The molecule has 14 heavy (non-hydrogen) atoms. The van der Waals surface area contributed by atoms with Crippen LogP contribution in [0.2, 0.25) is 0 Å². The Balaban J connectivity index is 0.000000461. The van der Waals surface area contributed by atoms with E-state index in [1.807, 2.05) is 20.0 Å². The fourth-order valence-corrected chi connectivity index (χ4v) is 1.35. The lowest BCUT2D eigenvalue weighted by Crippen LogP contribution is -2.00. The van der Waals surface area contributed by atoms with Crippen LogP contribution >= 0.6 is 0 Å². The highest BCUT2D eigenvalue weighted by molar-refractivity contribution is 5.47. The molecule has 3 nitrogen and oxygen atoms in total. The van der Waals surface area contributed by atoms with Crippen LogP contribution in [0.4, 0.5) is 5.82 Å². The second-order valence-corrected chi connectivity index (χ2v) is 3.43. The summed E-state index contributed by atoms with van der Waals surface area (Å²) in [5.74, 6) is 2.38. The smallest absolute Gasteiger partial charge is 0.133 e. The Morgan fingerprint density at radius 3 is 2.71 bits per heavy atom. The predicted molar refractivity (Wildman–Crippen MR) is 59.7 cm³/mol. The van der Waals surface area contributed by atoms with Crippen molar-refractivity contribution < 1.29 is 0 Å². The van der Waals surface area contributed by atoms with Gasteiger partial charge >= 0.3 is 0 Å². The van der Waals surface area contributed by atoms with E-state index in [-0.39, 0.29) is 0 Å². The number of nitrogens with one attached hydrogen (secondary N) is 1. The molecule has 0 saturated carbocycles. The first-order valence-electron chi connectivity index (χ1n) is 5.37. The first-order chi connectivity index (χ1) is 6.77. The van der Waals surface area contributed by atoms with Gasteiger partial charge in [-0.2, -0.15) is 0 Å². The molecule has 1 aliphatic rings. The number of rotatable bonds is 1. The Morgan fingerprint density at radius 2 is 2.07 bits per heavy atom. The van der Waals surface area contributed by atoms with Crippen LogP contribution in [0.1, 0.15) is 45.0 Å². The summed E-state index contributed by atoms with van der Waals surface area (Å²) in [7, 11) is 0. The molecule has 3 heteroatoms. The van der Waals surface area contributed by atoms with Gasteiger partial charge in [0.15, 0.2) is 0 Å². The van der Waals surface area contributed by atoms with Crippen LogP contribution in [0.3, 0.4) is 0 Å². The minimum absolute atomic E-state index is 0.415. The zero-order chi connectivity index (χ0) is 10.6. The molecule has 0 bridgehead atoms. The molecule has 1 N–H and O–H groups in total. The lowest BCUT2D eigenvalue weighted by molar-refractivity contribution is 0.774. The van der Waals surface area contributed by atoms with Gasteiger partial charge in [-0.3, -0.25) is 0 Å². The number of anilines is 1. The van der Waals surface area contributed by atoms with Gasteiger partial charge in [0.25, 0.3) is 0 Å². The fourth-order valence-electron chi connectivity index (χ4n) is 1.35. The van der Waals surface area contributed by atoms with Crippen LogP contribution in [-0.4, -0.2) is 16.5 Å². The van der Waals surface area contributed by atoms with Gasteiger partial charge in [-0.25, -0.2) is 9.97 Å². The third kappa shape index (κ3) is 2.22. The molecular formula is C11H19N3. The SMILES string of the molecule is CC.CC(C)c1ncc2c(n1)NCC2. The van der Waals surface area contributed by atoms with Crippen LogP contribution in [-0.2, 0) is 6.42 Å². The molecule has 0 aromatic carbocycles. The molecule has 2 heterocycles. The van der Waals surface area contributed by atoms with E-state index in [1.54, 1.807) is 0 Å². The normalized spacial score (nSPS) is 12.9. The highest BCUT2D eigenvalue weighted by Crippen LogP contribution is 2.20. The molecule has 2 rings (SSSR count). The van der Waals surface area contributed by atoms with E-state index in [1.165, 1.54) is 5.56 Å². The summed E-state index contributed by atoms with van der Waals surface area (Å²) in [6, 6.07) is 0. The molecule has 0 aliphatic carbocycles. The maximum Gasteiger partial charge on any atom is 0.133 e. The summed E-state index contributed by atoms with van der Waals surface area (Å²) in [6.07, 6.45) is 3.01. The molecule has 0 saturated heterocycles. The first-order valence-corrected chi connectivity index (χ1v) is 5.37. The molecule has 0 atom stereocenters. The number of fused-ring (bicyclic) bond motifs is 1. The maximum atomic E-state index is 4.43. The van der Waals surface area contributed by atoms with Crippen molar-refractivity contribution in [2.75, 3.05) is 11.9 Å². The Labute approximate surface area is 86.0 Å². The van der Waals surface area contributed by atoms with Crippen molar-refractivity contribution in [2.45, 2.75) is 40.0 Å². The van der Waals surface area contributed by atoms with Crippen LogP contribution in [0.25, 0.3) is 0 Å². The largest absolute Gasteiger partial charge is 0.369 e. The molecule has 0 fully saturated rings. The fraction of sp³-hybridized carbons (Fsp3) is 0.636. The van der Waals surface area contributed by atoms with E-state index in [9.17, 15) is 0 Å². The van der Waals surface area contributed by atoms with E-state index >= 15 is 0 Å². The molecular weight excluding hydrogens is 174 g/mol. The van der Waals surface area contributed by atoms with Gasteiger partial charge in [-0.05, 0) is 6.42 Å². The van der Waals surface area contributed by atoms with Crippen molar-refractivity contribution >= 4 is 5.82 Å². The second-order valence-electron chi connectivity index (χ2n) is 3.43. The topological polar surface area (TPSA) is 37.8 Å². The highest BCUT2D eigenvalue weighted by atomic mass is 15.1. The summed E-state index contributed by atoms with van der Waals surface area (Å²) >= 11 is 0. The van der Waals surface area contributed by atoms with Gasteiger partial charge in [-0.15, -0.1) is 0 Å². The third-order valence-corrected chi connectivity index (χ3v) is 2.09. The maximum absolute atomic E-state index is 4.43. The summed E-state index contributed by atoms with van der Waals surface area (Å²) < 4.78 is 0. The molecule has 0 radical (unpaired) electrons. The molecule has 1 aliphatic heterocycles. The molecule has 0 unspecified atom stereocenters. The van der Waals surface area contributed by atoms with Gasteiger partial charge in [0.1, 0.15) is 11.6 Å². The van der Waals surface area contributed by atoms with Crippen molar-refractivity contribution in [3.05, 3.63) is 17.6 Å². The quantitative estimate of drug-likeness (QED) is 0.745. The van der Waals surface area contributed by atoms with Gasteiger partial charge in [-0.1, -0.05) is 27.7 Å². The van der Waals surface area contributed by atoms with Crippen LogP contribution in [0.15, 0.2) is 6.20 Å². The zero-order valence-electron chi connectivity index (χ0n) is 9.46. The molecule has 1 aromatic rings. The van der Waals surface area contributed by atoms with Crippen LogP contribution in [0, 0.1) is 0 Å². The van der Waals surface area contributed by atoms with Crippen LogP contribution in [0.5, 0.6) is 0 Å². The van der Waals surface area contributed by atoms with Crippen LogP contribution < -0.4 is 5.32 Å². The summed E-state index contributed by atoms with van der Waals surface area (Å²) in [5.41, 5.74) is 1.25. The second kappa shape index (κ2) is 4.94. The zero-order valence-corrected chi connectivity index (χ0v) is 9.46. The lowest BCUT2D eigenvalue weighted by Gasteiger charge is -2.04. The van der Waals surface area contributed by atoms with E-state index in [2.05, 4.69) is 29.1 Å².